The number of fused-ring (bicyclic) bond motifs is 1. The standard InChI is InChI=1S/C20H18N4O2S/c25-27(26,20-10-5-7-16-6-1-2-8-17(16)20)22-13-15-24-14-11-19(23-24)18-9-3-4-12-21-18/h1-12,14,22H,13,15H2. The third-order valence-corrected chi connectivity index (χ3v) is 5.76. The van der Waals surface area contributed by atoms with Crippen LogP contribution in [0.15, 0.2) is 84.0 Å². The van der Waals surface area contributed by atoms with Gasteiger partial charge in [0.15, 0.2) is 0 Å². The zero-order valence-electron chi connectivity index (χ0n) is 14.5. The Bertz CT molecular complexity index is 1170. The second-order valence-electron chi connectivity index (χ2n) is 6.05. The Morgan fingerprint density at radius 1 is 0.889 bits per heavy atom. The predicted molar refractivity (Wildman–Crippen MR) is 105 cm³/mol. The Balaban J connectivity index is 1.46. The molecule has 0 radical (unpaired) electrons. The molecule has 4 aromatic rings. The summed E-state index contributed by atoms with van der Waals surface area (Å²) >= 11 is 0. The van der Waals surface area contributed by atoms with Gasteiger partial charge in [-0.25, -0.2) is 13.1 Å². The first-order valence-electron chi connectivity index (χ1n) is 8.56. The van der Waals surface area contributed by atoms with E-state index in [4.69, 9.17) is 0 Å². The molecule has 0 unspecified atom stereocenters. The van der Waals surface area contributed by atoms with E-state index in [-0.39, 0.29) is 11.4 Å². The molecule has 2 heterocycles. The van der Waals surface area contributed by atoms with Crippen LogP contribution in [0.1, 0.15) is 0 Å². The Labute approximate surface area is 157 Å². The average molecular weight is 378 g/mol. The van der Waals surface area contributed by atoms with Crippen molar-refractivity contribution >= 4 is 20.8 Å². The van der Waals surface area contributed by atoms with Crippen molar-refractivity contribution in [1.29, 1.82) is 0 Å². The van der Waals surface area contributed by atoms with Crippen molar-refractivity contribution < 1.29 is 8.42 Å². The van der Waals surface area contributed by atoms with Crippen LogP contribution in [0.3, 0.4) is 0 Å². The van der Waals surface area contributed by atoms with Crippen molar-refractivity contribution in [3.63, 3.8) is 0 Å². The Hall–Kier alpha value is -3.03. The summed E-state index contributed by atoms with van der Waals surface area (Å²) in [5.41, 5.74) is 1.54. The van der Waals surface area contributed by atoms with Gasteiger partial charge in [-0.15, -0.1) is 0 Å². The molecule has 2 aromatic carbocycles. The zero-order chi connectivity index (χ0) is 18.7. The Morgan fingerprint density at radius 3 is 2.56 bits per heavy atom. The number of pyridine rings is 1. The molecule has 0 fully saturated rings. The number of benzene rings is 2. The van der Waals surface area contributed by atoms with E-state index >= 15 is 0 Å². The minimum atomic E-state index is -3.61. The SMILES string of the molecule is O=S(=O)(NCCn1ccc(-c2ccccn2)n1)c1cccc2ccccc12. The summed E-state index contributed by atoms with van der Waals surface area (Å²) < 4.78 is 29.8. The quantitative estimate of drug-likeness (QED) is 0.559. The first kappa shape index (κ1) is 17.4. The second kappa shape index (κ2) is 7.30. The van der Waals surface area contributed by atoms with Gasteiger partial charge >= 0.3 is 0 Å². The summed E-state index contributed by atoms with van der Waals surface area (Å²) in [5.74, 6) is 0. The predicted octanol–water partition coefficient (Wildman–Crippen LogP) is 3.08. The van der Waals surface area contributed by atoms with Crippen LogP contribution in [0.25, 0.3) is 22.2 Å². The average Bonchev–Trinajstić information content (AvgIpc) is 3.17. The topological polar surface area (TPSA) is 76.9 Å². The summed E-state index contributed by atoms with van der Waals surface area (Å²) in [5, 5.41) is 6.05. The molecule has 136 valence electrons. The van der Waals surface area contributed by atoms with Crippen molar-refractivity contribution in [1.82, 2.24) is 19.5 Å². The fourth-order valence-electron chi connectivity index (χ4n) is 2.94. The first-order chi connectivity index (χ1) is 13.1. The first-order valence-corrected chi connectivity index (χ1v) is 10.0. The Kier molecular flexibility index (Phi) is 4.70. The van der Waals surface area contributed by atoms with Gasteiger partial charge in [-0.3, -0.25) is 9.67 Å². The summed E-state index contributed by atoms with van der Waals surface area (Å²) in [4.78, 5) is 4.55. The van der Waals surface area contributed by atoms with Crippen LogP contribution in [0.5, 0.6) is 0 Å². The lowest BCUT2D eigenvalue weighted by Gasteiger charge is -2.09. The van der Waals surface area contributed by atoms with Gasteiger partial charge < -0.3 is 0 Å². The number of rotatable bonds is 6. The van der Waals surface area contributed by atoms with Crippen LogP contribution in [0.2, 0.25) is 0 Å². The van der Waals surface area contributed by atoms with E-state index < -0.39 is 10.0 Å². The molecular weight excluding hydrogens is 360 g/mol. The molecule has 0 bridgehead atoms. The number of hydrogen-bond acceptors (Lipinski definition) is 4. The van der Waals surface area contributed by atoms with E-state index in [1.807, 2.05) is 60.8 Å². The largest absolute Gasteiger partial charge is 0.271 e. The highest BCUT2D eigenvalue weighted by Gasteiger charge is 2.16. The molecule has 0 aliphatic carbocycles. The highest BCUT2D eigenvalue weighted by Crippen LogP contribution is 2.22. The van der Waals surface area contributed by atoms with Gasteiger partial charge in [-0.2, -0.15) is 5.10 Å². The van der Waals surface area contributed by atoms with Crippen molar-refractivity contribution in [3.8, 4) is 11.4 Å². The summed E-state index contributed by atoms with van der Waals surface area (Å²) in [7, 11) is -3.61. The van der Waals surface area contributed by atoms with Gasteiger partial charge in [0.1, 0.15) is 5.69 Å². The van der Waals surface area contributed by atoms with Gasteiger partial charge in [0.25, 0.3) is 0 Å². The van der Waals surface area contributed by atoms with E-state index in [0.29, 0.717) is 11.9 Å². The molecule has 2 aromatic heterocycles. The van der Waals surface area contributed by atoms with Crippen LogP contribution in [0.4, 0.5) is 0 Å². The molecule has 1 N–H and O–H groups in total. The normalized spacial score (nSPS) is 11.7. The van der Waals surface area contributed by atoms with E-state index in [9.17, 15) is 8.42 Å². The maximum absolute atomic E-state index is 12.7. The van der Waals surface area contributed by atoms with Gasteiger partial charge in [0.05, 0.1) is 17.1 Å². The van der Waals surface area contributed by atoms with Gasteiger partial charge in [0, 0.05) is 24.3 Å². The van der Waals surface area contributed by atoms with Crippen LogP contribution >= 0.6 is 0 Å². The number of aromatic nitrogens is 3. The highest BCUT2D eigenvalue weighted by atomic mass is 32.2. The number of hydrogen-bond donors (Lipinski definition) is 1. The van der Waals surface area contributed by atoms with E-state index in [2.05, 4.69) is 14.8 Å². The molecule has 0 amide bonds. The fraction of sp³-hybridized carbons (Fsp3) is 0.100. The second-order valence-corrected chi connectivity index (χ2v) is 7.79. The van der Waals surface area contributed by atoms with Crippen molar-refractivity contribution in [2.45, 2.75) is 11.4 Å². The molecule has 0 aliphatic heterocycles. The van der Waals surface area contributed by atoms with Gasteiger partial charge in [-0.05, 0) is 29.7 Å². The lowest BCUT2D eigenvalue weighted by atomic mass is 10.1. The van der Waals surface area contributed by atoms with Crippen LogP contribution in [-0.4, -0.2) is 29.7 Å². The van der Waals surface area contributed by atoms with E-state index in [1.165, 1.54) is 0 Å². The zero-order valence-corrected chi connectivity index (χ0v) is 15.3. The fourth-order valence-corrected chi connectivity index (χ4v) is 4.19. The lowest BCUT2D eigenvalue weighted by molar-refractivity contribution is 0.562. The highest BCUT2D eigenvalue weighted by molar-refractivity contribution is 7.89. The smallest absolute Gasteiger partial charge is 0.241 e. The summed E-state index contributed by atoms with van der Waals surface area (Å²) in [6.45, 7) is 0.672. The Morgan fingerprint density at radius 2 is 1.70 bits per heavy atom. The monoisotopic (exact) mass is 378 g/mol. The third-order valence-electron chi connectivity index (χ3n) is 4.24. The molecule has 0 saturated heterocycles. The molecule has 0 spiro atoms. The molecule has 4 rings (SSSR count). The van der Waals surface area contributed by atoms with Crippen molar-refractivity contribution in [3.05, 3.63) is 79.1 Å². The van der Waals surface area contributed by atoms with E-state index in [1.54, 1.807) is 23.0 Å². The van der Waals surface area contributed by atoms with Crippen LogP contribution < -0.4 is 4.72 Å². The maximum Gasteiger partial charge on any atom is 0.241 e. The number of nitrogens with zero attached hydrogens (tertiary/aromatic N) is 3. The molecule has 27 heavy (non-hydrogen) atoms. The molecular formula is C20H18N4O2S. The maximum atomic E-state index is 12.7. The van der Waals surface area contributed by atoms with E-state index in [0.717, 1.165) is 16.8 Å². The van der Waals surface area contributed by atoms with Crippen molar-refractivity contribution in [2.75, 3.05) is 6.54 Å². The van der Waals surface area contributed by atoms with Crippen LogP contribution in [-0.2, 0) is 16.6 Å². The molecule has 0 atom stereocenters. The summed E-state index contributed by atoms with van der Waals surface area (Å²) in [6, 6.07) is 20.2. The molecule has 6 nitrogen and oxygen atoms in total. The molecule has 0 aliphatic rings. The minimum Gasteiger partial charge on any atom is -0.271 e. The summed E-state index contributed by atoms with van der Waals surface area (Å²) in [6.07, 6.45) is 3.53. The van der Waals surface area contributed by atoms with Gasteiger partial charge in [0.2, 0.25) is 10.0 Å². The van der Waals surface area contributed by atoms with Gasteiger partial charge in [-0.1, -0.05) is 42.5 Å². The number of sulfonamides is 1. The lowest BCUT2D eigenvalue weighted by Crippen LogP contribution is -2.27. The third kappa shape index (κ3) is 3.74. The van der Waals surface area contributed by atoms with Crippen LogP contribution in [0, 0.1) is 0 Å². The molecule has 7 heteroatoms. The van der Waals surface area contributed by atoms with Crippen molar-refractivity contribution in [2.24, 2.45) is 0 Å². The number of nitrogens with one attached hydrogen (secondary N) is 1. The molecule has 0 saturated carbocycles. The minimum absolute atomic E-state index is 0.245.